The molecule has 1 aliphatic heterocycles. The molecule has 140 valence electrons. The molecule has 1 aromatic carbocycles. The summed E-state index contributed by atoms with van der Waals surface area (Å²) < 4.78 is 0. The fourth-order valence-corrected chi connectivity index (χ4v) is 4.27. The van der Waals surface area contributed by atoms with Gasteiger partial charge in [-0.2, -0.15) is 0 Å². The highest BCUT2D eigenvalue weighted by molar-refractivity contribution is 7.19. The normalized spacial score (nSPS) is 15.9. The molecule has 27 heavy (non-hydrogen) atoms. The number of thiazole rings is 1. The van der Waals surface area contributed by atoms with Gasteiger partial charge in [-0.3, -0.25) is 4.79 Å². The number of carbonyl (C=O) groups is 1. The maximum Gasteiger partial charge on any atom is 0.280 e. The minimum absolute atomic E-state index is 0.157. The van der Waals surface area contributed by atoms with Crippen LogP contribution in [0.3, 0.4) is 0 Å². The molecule has 3 heterocycles. The van der Waals surface area contributed by atoms with E-state index in [0.717, 1.165) is 35.7 Å². The van der Waals surface area contributed by atoms with Crippen LogP contribution < -0.4 is 15.5 Å². The molecule has 0 saturated heterocycles. The molecule has 0 saturated carbocycles. The molecule has 1 amide bonds. The number of carbonyl (C=O) groups excluding carboxylic acids is 1. The van der Waals surface area contributed by atoms with Gasteiger partial charge in [0.1, 0.15) is 16.7 Å². The van der Waals surface area contributed by atoms with Crippen molar-refractivity contribution >= 4 is 39.1 Å². The zero-order valence-corrected chi connectivity index (χ0v) is 16.2. The van der Waals surface area contributed by atoms with Gasteiger partial charge in [0.25, 0.3) is 5.91 Å². The summed E-state index contributed by atoms with van der Waals surface area (Å²) in [4.78, 5) is 28.8. The number of fused-ring (bicyclic) bond motifs is 2. The van der Waals surface area contributed by atoms with Crippen molar-refractivity contribution < 1.29 is 4.79 Å². The minimum Gasteiger partial charge on any atom is -0.350 e. The van der Waals surface area contributed by atoms with E-state index < -0.39 is 0 Å². The van der Waals surface area contributed by atoms with Crippen LogP contribution in [0, 0.1) is 0 Å². The van der Waals surface area contributed by atoms with E-state index in [0.29, 0.717) is 17.1 Å². The van der Waals surface area contributed by atoms with Crippen molar-refractivity contribution in [1.29, 1.82) is 0 Å². The van der Waals surface area contributed by atoms with E-state index in [1.165, 1.54) is 16.9 Å². The average Bonchev–Trinajstić information content (AvgIpc) is 3.25. The first-order chi connectivity index (χ1) is 13.2. The summed E-state index contributed by atoms with van der Waals surface area (Å²) in [6, 6.07) is 8.63. The van der Waals surface area contributed by atoms with E-state index in [1.54, 1.807) is 6.33 Å². The Morgan fingerprint density at radius 3 is 3.00 bits per heavy atom. The lowest BCUT2D eigenvalue weighted by Gasteiger charge is -2.23. The van der Waals surface area contributed by atoms with Gasteiger partial charge < -0.3 is 15.5 Å². The van der Waals surface area contributed by atoms with Crippen molar-refractivity contribution in [2.45, 2.75) is 25.8 Å². The van der Waals surface area contributed by atoms with E-state index in [2.05, 4.69) is 55.6 Å². The number of amides is 1. The van der Waals surface area contributed by atoms with Crippen LogP contribution in [0.2, 0.25) is 0 Å². The number of para-hydroxylation sites is 1. The number of benzene rings is 1. The van der Waals surface area contributed by atoms with Gasteiger partial charge in [-0.25, -0.2) is 15.0 Å². The Morgan fingerprint density at radius 2 is 2.15 bits per heavy atom. The Hall–Kier alpha value is -2.58. The Morgan fingerprint density at radius 1 is 1.30 bits per heavy atom. The quantitative estimate of drug-likeness (QED) is 0.638. The molecule has 2 N–H and O–H groups in total. The van der Waals surface area contributed by atoms with Crippen LogP contribution in [0.15, 0.2) is 30.6 Å². The van der Waals surface area contributed by atoms with Crippen molar-refractivity contribution in [2.24, 2.45) is 0 Å². The number of rotatable bonds is 6. The molecule has 7 nitrogen and oxygen atoms in total. The first kappa shape index (κ1) is 17.8. The molecule has 0 radical (unpaired) electrons. The number of nitrogens with zero attached hydrogens (tertiary/aromatic N) is 4. The first-order valence-corrected chi connectivity index (χ1v) is 9.92. The van der Waals surface area contributed by atoms with E-state index >= 15 is 0 Å². The summed E-state index contributed by atoms with van der Waals surface area (Å²) in [6.45, 7) is 3.66. The number of anilines is 2. The fraction of sp³-hybridized carbons (Fsp3) is 0.368. The van der Waals surface area contributed by atoms with Gasteiger partial charge >= 0.3 is 0 Å². The summed E-state index contributed by atoms with van der Waals surface area (Å²) in [6.07, 6.45) is 3.39. The van der Waals surface area contributed by atoms with Crippen LogP contribution >= 0.6 is 11.3 Å². The van der Waals surface area contributed by atoms with E-state index in [9.17, 15) is 4.79 Å². The molecule has 1 atom stereocenters. The Balaban J connectivity index is 1.65. The van der Waals surface area contributed by atoms with Crippen LogP contribution in [-0.4, -0.2) is 47.0 Å². The van der Waals surface area contributed by atoms with Gasteiger partial charge in [0.2, 0.25) is 0 Å². The molecule has 3 aromatic rings. The molecule has 8 heteroatoms. The second-order valence-electron chi connectivity index (χ2n) is 6.63. The van der Waals surface area contributed by atoms with Crippen LogP contribution in [-0.2, 0) is 6.42 Å². The molecule has 0 aliphatic carbocycles. The third kappa shape index (κ3) is 3.38. The fourth-order valence-electron chi connectivity index (χ4n) is 3.45. The summed E-state index contributed by atoms with van der Waals surface area (Å²) >= 11 is 1.31. The van der Waals surface area contributed by atoms with Crippen LogP contribution in [0.1, 0.15) is 28.7 Å². The van der Waals surface area contributed by atoms with Crippen molar-refractivity contribution in [3.05, 3.63) is 41.2 Å². The lowest BCUT2D eigenvalue weighted by Crippen LogP contribution is -2.26. The van der Waals surface area contributed by atoms with Gasteiger partial charge in [-0.1, -0.05) is 29.5 Å². The van der Waals surface area contributed by atoms with Gasteiger partial charge in [0.15, 0.2) is 10.8 Å². The van der Waals surface area contributed by atoms with E-state index in [-0.39, 0.29) is 11.9 Å². The standard InChI is InChI=1S/C19H22N6OS/c1-12-10-13-6-3-4-7-14(13)25(12)16-15-18(23-11-22-16)27-19(24-15)17(26)21-9-5-8-20-2/h3-4,6-7,11-12,20H,5,8-10H2,1-2H3,(H,21,26)/t12-/m0/s1. The van der Waals surface area contributed by atoms with Crippen LogP contribution in [0.5, 0.6) is 0 Å². The highest BCUT2D eigenvalue weighted by Crippen LogP contribution is 2.40. The van der Waals surface area contributed by atoms with Crippen molar-refractivity contribution in [3.8, 4) is 0 Å². The van der Waals surface area contributed by atoms with Crippen molar-refractivity contribution in [3.63, 3.8) is 0 Å². The minimum atomic E-state index is -0.157. The maximum absolute atomic E-state index is 12.4. The topological polar surface area (TPSA) is 83.0 Å². The van der Waals surface area contributed by atoms with Gasteiger partial charge in [-0.05, 0) is 45.0 Å². The second-order valence-corrected chi connectivity index (χ2v) is 7.61. The van der Waals surface area contributed by atoms with Crippen LogP contribution in [0.25, 0.3) is 10.3 Å². The van der Waals surface area contributed by atoms with Gasteiger partial charge in [-0.15, -0.1) is 0 Å². The number of nitrogens with one attached hydrogen (secondary N) is 2. The van der Waals surface area contributed by atoms with E-state index in [4.69, 9.17) is 0 Å². The molecule has 0 spiro atoms. The lowest BCUT2D eigenvalue weighted by atomic mass is 10.1. The third-order valence-electron chi connectivity index (χ3n) is 4.69. The summed E-state index contributed by atoms with van der Waals surface area (Å²) in [5.41, 5.74) is 3.14. The zero-order valence-electron chi connectivity index (χ0n) is 15.4. The number of hydrogen-bond donors (Lipinski definition) is 2. The number of hydrogen-bond acceptors (Lipinski definition) is 7. The van der Waals surface area contributed by atoms with Gasteiger partial charge in [0.05, 0.1) is 0 Å². The molecular formula is C19H22N6OS. The van der Waals surface area contributed by atoms with Crippen LogP contribution in [0.4, 0.5) is 11.5 Å². The molecular weight excluding hydrogens is 360 g/mol. The predicted octanol–water partition coefficient (Wildman–Crippen LogP) is 2.51. The monoisotopic (exact) mass is 382 g/mol. The molecule has 1 aliphatic rings. The SMILES string of the molecule is CNCCCNC(=O)c1nc2c(N3c4ccccc4C[C@@H]3C)ncnc2s1. The summed E-state index contributed by atoms with van der Waals surface area (Å²) in [7, 11) is 1.90. The highest BCUT2D eigenvalue weighted by Gasteiger charge is 2.30. The molecule has 0 unspecified atom stereocenters. The van der Waals surface area contributed by atoms with E-state index in [1.807, 2.05) is 13.1 Å². The average molecular weight is 382 g/mol. The van der Waals surface area contributed by atoms with Gasteiger partial charge in [0, 0.05) is 18.3 Å². The largest absolute Gasteiger partial charge is 0.350 e. The predicted molar refractivity (Wildman–Crippen MR) is 108 cm³/mol. The Kier molecular flexibility index (Phi) is 5.00. The van der Waals surface area contributed by atoms with Crippen molar-refractivity contribution in [1.82, 2.24) is 25.6 Å². The smallest absolute Gasteiger partial charge is 0.280 e. The highest BCUT2D eigenvalue weighted by atomic mass is 32.1. The summed E-state index contributed by atoms with van der Waals surface area (Å²) in [5, 5.41) is 6.41. The second kappa shape index (κ2) is 7.58. The Labute approximate surface area is 161 Å². The Bertz CT molecular complexity index is 972. The molecule has 2 aromatic heterocycles. The van der Waals surface area contributed by atoms with Crippen molar-refractivity contribution in [2.75, 3.05) is 25.0 Å². The molecule has 0 bridgehead atoms. The molecule has 4 rings (SSSR count). The maximum atomic E-state index is 12.4. The zero-order chi connectivity index (χ0) is 18.8. The number of aromatic nitrogens is 3. The first-order valence-electron chi connectivity index (χ1n) is 9.10. The third-order valence-corrected chi connectivity index (χ3v) is 5.66. The molecule has 0 fully saturated rings. The summed E-state index contributed by atoms with van der Waals surface area (Å²) in [5.74, 6) is 0.609. The lowest BCUT2D eigenvalue weighted by molar-refractivity contribution is 0.0953.